The molecule has 0 N–H and O–H groups in total. The lowest BCUT2D eigenvalue weighted by Gasteiger charge is -2.20. The molecule has 1 heterocycles. The van der Waals surface area contributed by atoms with Gasteiger partial charge >= 0.3 is 0 Å². The van der Waals surface area contributed by atoms with Crippen LogP contribution in [0, 0.1) is 5.82 Å². The van der Waals surface area contributed by atoms with Crippen LogP contribution < -0.4 is 9.47 Å². The Morgan fingerprint density at radius 3 is 2.64 bits per heavy atom. The molecule has 0 radical (unpaired) electrons. The van der Waals surface area contributed by atoms with Crippen LogP contribution >= 0.6 is 23.8 Å². The number of hydrogen-bond donors (Lipinski definition) is 0. The zero-order valence-corrected chi connectivity index (χ0v) is 15.5. The molecule has 3 rings (SSSR count). The number of likely N-dealkylation sites (tertiary alicyclic amines) is 1. The smallest absolute Gasteiger partial charge is 0.180 e. The second-order valence-electron chi connectivity index (χ2n) is 5.87. The zero-order chi connectivity index (χ0) is 17.8. The Balaban J connectivity index is 1.82. The summed E-state index contributed by atoms with van der Waals surface area (Å²) >= 11 is 12.0. The van der Waals surface area contributed by atoms with Crippen molar-refractivity contribution in [2.24, 2.45) is 0 Å². The first kappa shape index (κ1) is 18.0. The summed E-state index contributed by atoms with van der Waals surface area (Å²) in [6, 6.07) is 10.1. The largest absolute Gasteiger partial charge is 0.493 e. The summed E-state index contributed by atoms with van der Waals surface area (Å²) in [7, 11) is 1.55. The van der Waals surface area contributed by atoms with E-state index in [0.717, 1.165) is 36.5 Å². The van der Waals surface area contributed by atoms with Crippen LogP contribution in [0.2, 0.25) is 5.02 Å². The fraction of sp³-hybridized carbons (Fsp3) is 0.316. The summed E-state index contributed by atoms with van der Waals surface area (Å²) in [5.74, 6) is 0.560. The van der Waals surface area contributed by atoms with E-state index >= 15 is 0 Å². The maximum absolute atomic E-state index is 13.8. The Hall–Kier alpha value is -1.85. The SMILES string of the molecule is COc1cc(C(=S)N2CCCC2)cc(Cl)c1OCc1ccccc1F. The molecule has 0 saturated carbocycles. The lowest BCUT2D eigenvalue weighted by molar-refractivity contribution is 0.280. The molecule has 25 heavy (non-hydrogen) atoms. The van der Waals surface area contributed by atoms with Gasteiger partial charge in [-0.2, -0.15) is 0 Å². The van der Waals surface area contributed by atoms with Crippen molar-refractivity contribution in [1.82, 2.24) is 4.90 Å². The molecule has 1 aliphatic rings. The van der Waals surface area contributed by atoms with E-state index in [9.17, 15) is 4.39 Å². The Bertz CT molecular complexity index is 778. The third-order valence-electron chi connectivity index (χ3n) is 4.20. The lowest BCUT2D eigenvalue weighted by atomic mass is 10.1. The minimum Gasteiger partial charge on any atom is -0.493 e. The molecule has 0 amide bonds. The molecule has 1 saturated heterocycles. The van der Waals surface area contributed by atoms with E-state index in [1.54, 1.807) is 31.4 Å². The van der Waals surface area contributed by atoms with Crippen LogP contribution in [0.1, 0.15) is 24.0 Å². The van der Waals surface area contributed by atoms with Crippen LogP contribution in [0.15, 0.2) is 36.4 Å². The molecule has 1 aliphatic heterocycles. The third kappa shape index (κ3) is 4.05. The highest BCUT2D eigenvalue weighted by Crippen LogP contribution is 2.37. The van der Waals surface area contributed by atoms with Gasteiger partial charge < -0.3 is 14.4 Å². The van der Waals surface area contributed by atoms with Gasteiger partial charge in [0.1, 0.15) is 17.4 Å². The lowest BCUT2D eigenvalue weighted by Crippen LogP contribution is -2.26. The monoisotopic (exact) mass is 379 g/mol. The summed E-state index contributed by atoms with van der Waals surface area (Å²) < 4.78 is 24.9. The number of benzene rings is 2. The topological polar surface area (TPSA) is 21.7 Å². The van der Waals surface area contributed by atoms with Crippen molar-refractivity contribution < 1.29 is 13.9 Å². The summed E-state index contributed by atoms with van der Waals surface area (Å²) in [6.45, 7) is 1.99. The molecule has 1 fully saturated rings. The standard InChI is InChI=1S/C19H19ClFNO2S/c1-23-17-11-14(19(25)22-8-4-5-9-22)10-15(20)18(17)24-12-13-6-2-3-7-16(13)21/h2-3,6-7,10-11H,4-5,8-9,12H2,1H3. The van der Waals surface area contributed by atoms with E-state index in [2.05, 4.69) is 4.90 Å². The van der Waals surface area contributed by atoms with Gasteiger partial charge in [0.25, 0.3) is 0 Å². The Labute approximate surface area is 157 Å². The fourth-order valence-corrected chi connectivity index (χ4v) is 3.42. The number of thiocarbonyl (C=S) groups is 1. The van der Waals surface area contributed by atoms with E-state index in [1.807, 2.05) is 6.07 Å². The first-order chi connectivity index (χ1) is 12.1. The fourth-order valence-electron chi connectivity index (χ4n) is 2.85. The van der Waals surface area contributed by atoms with Crippen molar-refractivity contribution in [1.29, 1.82) is 0 Å². The minimum absolute atomic E-state index is 0.0681. The maximum atomic E-state index is 13.8. The molecule has 0 aliphatic carbocycles. The van der Waals surface area contributed by atoms with Crippen molar-refractivity contribution in [2.45, 2.75) is 19.4 Å². The van der Waals surface area contributed by atoms with Crippen molar-refractivity contribution in [3.63, 3.8) is 0 Å². The molecule has 2 aromatic carbocycles. The van der Waals surface area contributed by atoms with Gasteiger partial charge in [-0.1, -0.05) is 42.0 Å². The summed E-state index contributed by atoms with van der Waals surface area (Å²) in [6.07, 6.45) is 2.30. The quantitative estimate of drug-likeness (QED) is 0.693. The zero-order valence-electron chi connectivity index (χ0n) is 13.9. The second-order valence-corrected chi connectivity index (χ2v) is 6.66. The van der Waals surface area contributed by atoms with Crippen molar-refractivity contribution in [2.75, 3.05) is 20.2 Å². The first-order valence-corrected chi connectivity index (χ1v) is 8.92. The second kappa shape index (κ2) is 8.02. The normalized spacial score (nSPS) is 13.8. The molecular formula is C19H19ClFNO2S. The molecule has 2 aromatic rings. The summed E-state index contributed by atoms with van der Waals surface area (Å²) in [5, 5.41) is 0.396. The van der Waals surface area contributed by atoms with Gasteiger partial charge in [0.05, 0.1) is 12.1 Å². The minimum atomic E-state index is -0.315. The van der Waals surface area contributed by atoms with Crippen molar-refractivity contribution in [3.8, 4) is 11.5 Å². The molecule has 0 atom stereocenters. The van der Waals surface area contributed by atoms with Gasteiger partial charge in [-0.25, -0.2) is 4.39 Å². The van der Waals surface area contributed by atoms with Crippen LogP contribution in [0.5, 0.6) is 11.5 Å². The van der Waals surface area contributed by atoms with E-state index in [4.69, 9.17) is 33.3 Å². The molecule has 0 aromatic heterocycles. The van der Waals surface area contributed by atoms with Crippen LogP contribution in [-0.2, 0) is 6.61 Å². The number of methoxy groups -OCH3 is 1. The van der Waals surface area contributed by atoms with E-state index in [-0.39, 0.29) is 12.4 Å². The number of halogens is 2. The molecular weight excluding hydrogens is 361 g/mol. The Morgan fingerprint density at radius 1 is 1.24 bits per heavy atom. The highest BCUT2D eigenvalue weighted by atomic mass is 35.5. The number of rotatable bonds is 5. The van der Waals surface area contributed by atoms with Crippen LogP contribution in [-0.4, -0.2) is 30.1 Å². The molecule has 132 valence electrons. The van der Waals surface area contributed by atoms with Gasteiger partial charge in [-0.15, -0.1) is 0 Å². The van der Waals surface area contributed by atoms with Gasteiger partial charge in [-0.05, 0) is 31.0 Å². The van der Waals surface area contributed by atoms with Crippen LogP contribution in [0.4, 0.5) is 4.39 Å². The van der Waals surface area contributed by atoms with Crippen molar-refractivity contribution in [3.05, 3.63) is 58.4 Å². The van der Waals surface area contributed by atoms with Crippen LogP contribution in [0.25, 0.3) is 0 Å². The van der Waals surface area contributed by atoms with E-state index in [0.29, 0.717) is 22.1 Å². The van der Waals surface area contributed by atoms with Gasteiger partial charge in [-0.3, -0.25) is 0 Å². The van der Waals surface area contributed by atoms with E-state index < -0.39 is 0 Å². The maximum Gasteiger partial charge on any atom is 0.180 e. The Kier molecular flexibility index (Phi) is 5.76. The third-order valence-corrected chi connectivity index (χ3v) is 4.97. The molecule has 0 unspecified atom stereocenters. The van der Waals surface area contributed by atoms with Crippen LogP contribution in [0.3, 0.4) is 0 Å². The van der Waals surface area contributed by atoms with Gasteiger partial charge in [0, 0.05) is 24.2 Å². The molecule has 3 nitrogen and oxygen atoms in total. The number of ether oxygens (including phenoxy) is 2. The highest BCUT2D eigenvalue weighted by molar-refractivity contribution is 7.80. The van der Waals surface area contributed by atoms with E-state index in [1.165, 1.54) is 6.07 Å². The Morgan fingerprint density at radius 2 is 1.96 bits per heavy atom. The van der Waals surface area contributed by atoms with Gasteiger partial charge in [0.15, 0.2) is 11.5 Å². The highest BCUT2D eigenvalue weighted by Gasteiger charge is 2.20. The summed E-state index contributed by atoms with van der Waals surface area (Å²) in [4.78, 5) is 2.93. The molecule has 6 heteroatoms. The summed E-state index contributed by atoms with van der Waals surface area (Å²) in [5.41, 5.74) is 1.29. The molecule has 0 bridgehead atoms. The predicted octanol–water partition coefficient (Wildman–Crippen LogP) is 4.84. The first-order valence-electron chi connectivity index (χ1n) is 8.13. The average molecular weight is 380 g/mol. The number of nitrogens with zero attached hydrogens (tertiary/aromatic N) is 1. The van der Waals surface area contributed by atoms with Crippen molar-refractivity contribution >= 4 is 28.8 Å². The average Bonchev–Trinajstić information content (AvgIpc) is 3.15. The molecule has 0 spiro atoms. The number of hydrogen-bond acceptors (Lipinski definition) is 3. The predicted molar refractivity (Wildman–Crippen MR) is 101 cm³/mol. The van der Waals surface area contributed by atoms with Gasteiger partial charge in [0.2, 0.25) is 0 Å².